The van der Waals surface area contributed by atoms with Crippen molar-refractivity contribution in [2.24, 2.45) is 0 Å². The van der Waals surface area contributed by atoms with Crippen LogP contribution in [0.5, 0.6) is 0 Å². The summed E-state index contributed by atoms with van der Waals surface area (Å²) in [7, 11) is 0. The van der Waals surface area contributed by atoms with Crippen LogP contribution in [0, 0.1) is 13.8 Å². The SMILES string of the molecule is Cc1ccc(-c2cc(-c3ccccc3)nc3sc(C(=O)Nc4nc5ccc(C)cc5s4)c(N)c23)cc1. The van der Waals surface area contributed by atoms with Crippen molar-refractivity contribution in [1.82, 2.24) is 9.97 Å². The van der Waals surface area contributed by atoms with Gasteiger partial charge in [0.25, 0.3) is 5.91 Å². The fraction of sp³-hybridized carbons (Fsp3) is 0.0690. The van der Waals surface area contributed by atoms with Crippen molar-refractivity contribution in [2.75, 3.05) is 11.1 Å². The van der Waals surface area contributed by atoms with Crippen LogP contribution in [-0.2, 0) is 0 Å². The number of benzene rings is 3. The maximum atomic E-state index is 13.4. The topological polar surface area (TPSA) is 80.9 Å². The van der Waals surface area contributed by atoms with Crippen LogP contribution in [0.1, 0.15) is 20.8 Å². The standard InChI is InChI=1S/C29H22N4OS2/c1-16-8-11-18(12-9-16)20-15-22(19-6-4-3-5-7-19)31-28-24(20)25(30)26(36-28)27(34)33-29-32-21-13-10-17(2)14-23(21)35-29/h3-15H,30H2,1-2H3,(H,32,33,34). The number of carbonyl (C=O) groups is 1. The molecule has 5 nitrogen and oxygen atoms in total. The van der Waals surface area contributed by atoms with Gasteiger partial charge < -0.3 is 5.73 Å². The molecule has 6 rings (SSSR count). The Morgan fingerprint density at radius 3 is 2.36 bits per heavy atom. The first-order chi connectivity index (χ1) is 17.5. The van der Waals surface area contributed by atoms with Crippen molar-refractivity contribution in [1.29, 1.82) is 0 Å². The number of thiophene rings is 1. The highest BCUT2D eigenvalue weighted by Crippen LogP contribution is 2.42. The van der Waals surface area contributed by atoms with E-state index in [4.69, 9.17) is 10.7 Å². The monoisotopic (exact) mass is 506 g/mol. The number of aryl methyl sites for hydroxylation is 2. The van der Waals surface area contributed by atoms with Crippen LogP contribution in [-0.4, -0.2) is 15.9 Å². The number of nitrogens with zero attached hydrogens (tertiary/aromatic N) is 2. The molecule has 3 aromatic carbocycles. The van der Waals surface area contributed by atoms with Crippen molar-refractivity contribution in [3.8, 4) is 22.4 Å². The number of pyridine rings is 1. The van der Waals surface area contributed by atoms with E-state index in [1.807, 2.05) is 49.4 Å². The maximum absolute atomic E-state index is 13.4. The number of fused-ring (bicyclic) bond motifs is 2. The third-order valence-corrected chi connectivity index (χ3v) is 8.13. The van der Waals surface area contributed by atoms with E-state index in [0.29, 0.717) is 15.7 Å². The van der Waals surface area contributed by atoms with Crippen molar-refractivity contribution in [2.45, 2.75) is 13.8 Å². The second kappa shape index (κ2) is 8.86. The van der Waals surface area contributed by atoms with Crippen LogP contribution in [0.3, 0.4) is 0 Å². The van der Waals surface area contributed by atoms with Gasteiger partial charge in [-0.1, -0.05) is 77.6 Å². The average molecular weight is 507 g/mol. The van der Waals surface area contributed by atoms with E-state index in [1.54, 1.807) is 0 Å². The van der Waals surface area contributed by atoms with Crippen LogP contribution in [0.4, 0.5) is 10.8 Å². The highest BCUT2D eigenvalue weighted by atomic mass is 32.1. The normalized spacial score (nSPS) is 11.3. The van der Waals surface area contributed by atoms with Gasteiger partial charge in [0.2, 0.25) is 0 Å². The Kier molecular flexibility index (Phi) is 5.51. The zero-order valence-corrected chi connectivity index (χ0v) is 21.3. The lowest BCUT2D eigenvalue weighted by atomic mass is 9.99. The summed E-state index contributed by atoms with van der Waals surface area (Å²) >= 11 is 2.76. The fourth-order valence-electron chi connectivity index (χ4n) is 4.25. The second-order valence-electron chi connectivity index (χ2n) is 8.76. The molecule has 7 heteroatoms. The number of aromatic nitrogens is 2. The summed E-state index contributed by atoms with van der Waals surface area (Å²) in [4.78, 5) is 24.0. The quantitative estimate of drug-likeness (QED) is 0.257. The molecule has 0 fully saturated rings. The van der Waals surface area contributed by atoms with E-state index in [0.717, 1.165) is 48.4 Å². The Bertz CT molecular complexity index is 1750. The van der Waals surface area contributed by atoms with Crippen molar-refractivity contribution >= 4 is 59.8 Å². The molecule has 0 saturated heterocycles. The number of nitrogen functional groups attached to an aromatic ring is 1. The van der Waals surface area contributed by atoms with E-state index < -0.39 is 0 Å². The Hall–Kier alpha value is -4.07. The Balaban J connectivity index is 1.47. The fourth-order valence-corrected chi connectivity index (χ4v) is 6.22. The summed E-state index contributed by atoms with van der Waals surface area (Å²) in [6.07, 6.45) is 0. The third-order valence-electron chi connectivity index (χ3n) is 6.10. The van der Waals surface area contributed by atoms with E-state index in [1.165, 1.54) is 28.2 Å². The highest BCUT2D eigenvalue weighted by Gasteiger charge is 2.22. The molecule has 3 aromatic heterocycles. The summed E-state index contributed by atoms with van der Waals surface area (Å²) in [6.45, 7) is 4.10. The van der Waals surface area contributed by atoms with Gasteiger partial charge in [-0.05, 0) is 48.7 Å². The number of carbonyl (C=O) groups excluding carboxylic acids is 1. The van der Waals surface area contributed by atoms with Crippen LogP contribution >= 0.6 is 22.7 Å². The van der Waals surface area contributed by atoms with E-state index in [-0.39, 0.29) is 5.91 Å². The first kappa shape index (κ1) is 22.4. The highest BCUT2D eigenvalue weighted by molar-refractivity contribution is 7.23. The molecule has 0 bridgehead atoms. The van der Waals surface area contributed by atoms with E-state index in [9.17, 15) is 4.79 Å². The minimum Gasteiger partial charge on any atom is -0.397 e. The number of nitrogens with two attached hydrogens (primary N) is 1. The zero-order chi connectivity index (χ0) is 24.8. The summed E-state index contributed by atoms with van der Waals surface area (Å²) < 4.78 is 1.03. The van der Waals surface area contributed by atoms with E-state index in [2.05, 4.69) is 53.6 Å². The maximum Gasteiger partial charge on any atom is 0.269 e. The number of anilines is 2. The van der Waals surface area contributed by atoms with Gasteiger partial charge >= 0.3 is 0 Å². The van der Waals surface area contributed by atoms with Gasteiger partial charge in [-0.3, -0.25) is 10.1 Å². The molecule has 0 spiro atoms. The smallest absolute Gasteiger partial charge is 0.269 e. The van der Waals surface area contributed by atoms with Crippen LogP contribution in [0.25, 0.3) is 42.8 Å². The molecule has 0 atom stereocenters. The minimum absolute atomic E-state index is 0.276. The summed E-state index contributed by atoms with van der Waals surface area (Å²) in [5.41, 5.74) is 14.1. The lowest BCUT2D eigenvalue weighted by Crippen LogP contribution is -2.11. The van der Waals surface area contributed by atoms with Gasteiger partial charge in [-0.15, -0.1) is 11.3 Å². The van der Waals surface area contributed by atoms with Gasteiger partial charge in [0.1, 0.15) is 9.71 Å². The number of nitrogens with one attached hydrogen (secondary N) is 1. The van der Waals surface area contributed by atoms with E-state index >= 15 is 0 Å². The Morgan fingerprint density at radius 1 is 0.833 bits per heavy atom. The Labute approximate surface area is 216 Å². The van der Waals surface area contributed by atoms with Gasteiger partial charge in [0.15, 0.2) is 5.13 Å². The lowest BCUT2D eigenvalue weighted by Gasteiger charge is -2.09. The van der Waals surface area contributed by atoms with Crippen molar-refractivity contribution in [3.63, 3.8) is 0 Å². The molecular weight excluding hydrogens is 484 g/mol. The van der Waals surface area contributed by atoms with Gasteiger partial charge in [0.05, 0.1) is 21.6 Å². The van der Waals surface area contributed by atoms with Crippen LogP contribution in [0.15, 0.2) is 78.9 Å². The van der Waals surface area contributed by atoms with Gasteiger partial charge in [0, 0.05) is 10.9 Å². The summed E-state index contributed by atoms with van der Waals surface area (Å²) in [5, 5.41) is 4.30. The number of rotatable bonds is 4. The number of hydrogen-bond donors (Lipinski definition) is 2. The van der Waals surface area contributed by atoms with Crippen molar-refractivity contribution in [3.05, 3.63) is 94.9 Å². The molecule has 0 aliphatic rings. The predicted molar refractivity (Wildman–Crippen MR) is 152 cm³/mol. The number of thiazole rings is 1. The van der Waals surface area contributed by atoms with Gasteiger partial charge in [-0.25, -0.2) is 9.97 Å². The largest absolute Gasteiger partial charge is 0.397 e. The van der Waals surface area contributed by atoms with Crippen molar-refractivity contribution < 1.29 is 4.79 Å². The average Bonchev–Trinajstić information content (AvgIpc) is 3.44. The predicted octanol–water partition coefficient (Wildman–Crippen LogP) is 7.69. The molecule has 0 unspecified atom stereocenters. The molecule has 0 radical (unpaired) electrons. The first-order valence-electron chi connectivity index (χ1n) is 11.5. The van der Waals surface area contributed by atoms with Crippen LogP contribution in [0.2, 0.25) is 0 Å². The summed E-state index contributed by atoms with van der Waals surface area (Å²) in [5.74, 6) is -0.276. The number of hydrogen-bond acceptors (Lipinski definition) is 6. The minimum atomic E-state index is -0.276. The molecule has 176 valence electrons. The van der Waals surface area contributed by atoms with Gasteiger partial charge in [-0.2, -0.15) is 0 Å². The molecule has 1 amide bonds. The second-order valence-corrected chi connectivity index (χ2v) is 10.8. The molecule has 3 heterocycles. The third kappa shape index (κ3) is 4.02. The molecular formula is C29H22N4OS2. The first-order valence-corrected chi connectivity index (χ1v) is 13.1. The molecule has 36 heavy (non-hydrogen) atoms. The Morgan fingerprint density at radius 2 is 1.58 bits per heavy atom. The molecule has 0 aliphatic carbocycles. The molecule has 0 saturated carbocycles. The molecule has 0 aliphatic heterocycles. The molecule has 6 aromatic rings. The summed E-state index contributed by atoms with van der Waals surface area (Å²) in [6, 6.07) is 26.5. The molecule has 3 N–H and O–H groups in total. The zero-order valence-electron chi connectivity index (χ0n) is 19.7. The number of amides is 1. The van der Waals surface area contributed by atoms with Crippen LogP contribution < -0.4 is 11.1 Å². The lowest BCUT2D eigenvalue weighted by molar-refractivity contribution is 0.103.